The lowest BCUT2D eigenvalue weighted by molar-refractivity contribution is -0.117. The van der Waals surface area contributed by atoms with Gasteiger partial charge in [-0.25, -0.2) is 0 Å². The number of rotatable bonds is 1. The summed E-state index contributed by atoms with van der Waals surface area (Å²) in [5, 5.41) is 7.78. The summed E-state index contributed by atoms with van der Waals surface area (Å²) in [6.45, 7) is 0. The van der Waals surface area contributed by atoms with Gasteiger partial charge in [-0.1, -0.05) is 24.0 Å². The van der Waals surface area contributed by atoms with Crippen LogP contribution in [0.3, 0.4) is 0 Å². The molecule has 0 atom stereocenters. The van der Waals surface area contributed by atoms with Crippen molar-refractivity contribution in [2.24, 2.45) is 5.73 Å². The van der Waals surface area contributed by atoms with Crippen molar-refractivity contribution in [2.75, 3.05) is 0 Å². The molecule has 0 aliphatic rings. The van der Waals surface area contributed by atoms with Crippen molar-refractivity contribution in [3.8, 4) is 11.8 Å². The SMILES string of the molecule is NC(=O)CC#Cc1cccc2cn[nH]c12. The number of para-hydroxylation sites is 1. The van der Waals surface area contributed by atoms with Crippen molar-refractivity contribution < 1.29 is 4.79 Å². The van der Waals surface area contributed by atoms with E-state index in [-0.39, 0.29) is 6.42 Å². The molecule has 1 heterocycles. The predicted octanol–water partition coefficient (Wildman–Crippen LogP) is 0.790. The fourth-order valence-corrected chi connectivity index (χ4v) is 1.30. The highest BCUT2D eigenvalue weighted by atomic mass is 16.1. The topological polar surface area (TPSA) is 71.8 Å². The highest BCUT2D eigenvalue weighted by molar-refractivity contribution is 5.84. The molecule has 0 saturated carbocycles. The van der Waals surface area contributed by atoms with Gasteiger partial charge >= 0.3 is 0 Å². The van der Waals surface area contributed by atoms with Gasteiger partial charge in [-0.3, -0.25) is 9.89 Å². The van der Waals surface area contributed by atoms with Crippen molar-refractivity contribution >= 4 is 16.8 Å². The van der Waals surface area contributed by atoms with E-state index in [9.17, 15) is 4.79 Å². The molecule has 0 radical (unpaired) electrons. The number of amides is 1. The quantitative estimate of drug-likeness (QED) is 0.666. The van der Waals surface area contributed by atoms with E-state index in [1.54, 1.807) is 6.20 Å². The number of nitrogens with one attached hydrogen (secondary N) is 1. The number of aromatic amines is 1. The van der Waals surface area contributed by atoms with Gasteiger partial charge in [0.2, 0.25) is 5.91 Å². The third-order valence-electron chi connectivity index (χ3n) is 1.96. The third kappa shape index (κ3) is 1.97. The molecule has 0 saturated heterocycles. The Morgan fingerprint density at radius 1 is 1.53 bits per heavy atom. The number of primary amides is 1. The minimum Gasteiger partial charge on any atom is -0.369 e. The summed E-state index contributed by atoms with van der Waals surface area (Å²) < 4.78 is 0. The summed E-state index contributed by atoms with van der Waals surface area (Å²) in [7, 11) is 0. The zero-order valence-electron chi connectivity index (χ0n) is 7.95. The minimum absolute atomic E-state index is 0.0739. The number of carbonyl (C=O) groups excluding carboxylic acids is 1. The van der Waals surface area contributed by atoms with Gasteiger partial charge < -0.3 is 5.73 Å². The minimum atomic E-state index is -0.417. The van der Waals surface area contributed by atoms with Crippen LogP contribution in [0.1, 0.15) is 12.0 Å². The zero-order valence-corrected chi connectivity index (χ0v) is 7.95. The molecule has 0 fully saturated rings. The monoisotopic (exact) mass is 199 g/mol. The number of H-pyrrole nitrogens is 1. The lowest BCUT2D eigenvalue weighted by Crippen LogP contribution is -2.08. The van der Waals surface area contributed by atoms with Gasteiger partial charge in [0.1, 0.15) is 0 Å². The molecule has 15 heavy (non-hydrogen) atoms. The van der Waals surface area contributed by atoms with Gasteiger partial charge in [0.05, 0.1) is 23.7 Å². The van der Waals surface area contributed by atoms with Gasteiger partial charge in [-0.2, -0.15) is 5.10 Å². The molecule has 2 rings (SSSR count). The second-order valence-electron chi connectivity index (χ2n) is 3.08. The normalized spacial score (nSPS) is 9.60. The Morgan fingerprint density at radius 2 is 2.40 bits per heavy atom. The molecule has 2 aromatic rings. The van der Waals surface area contributed by atoms with Gasteiger partial charge in [-0.15, -0.1) is 0 Å². The number of hydrogen-bond donors (Lipinski definition) is 2. The molecule has 74 valence electrons. The van der Waals surface area contributed by atoms with E-state index < -0.39 is 5.91 Å². The van der Waals surface area contributed by atoms with E-state index in [4.69, 9.17) is 5.73 Å². The summed E-state index contributed by atoms with van der Waals surface area (Å²) in [5.74, 6) is 5.18. The maximum Gasteiger partial charge on any atom is 0.229 e. The highest BCUT2D eigenvalue weighted by Crippen LogP contribution is 2.13. The summed E-state index contributed by atoms with van der Waals surface area (Å²) in [5.41, 5.74) is 6.70. The van der Waals surface area contributed by atoms with Crippen LogP contribution >= 0.6 is 0 Å². The Kier molecular flexibility index (Phi) is 2.38. The first-order valence-corrected chi connectivity index (χ1v) is 4.46. The van der Waals surface area contributed by atoms with Gasteiger partial charge in [0.25, 0.3) is 0 Å². The highest BCUT2D eigenvalue weighted by Gasteiger charge is 1.98. The van der Waals surface area contributed by atoms with Crippen LogP contribution in [-0.2, 0) is 4.79 Å². The fraction of sp³-hybridized carbons (Fsp3) is 0.0909. The number of nitrogens with two attached hydrogens (primary N) is 1. The van der Waals surface area contributed by atoms with Crippen LogP contribution in [0.2, 0.25) is 0 Å². The molecule has 0 aliphatic heterocycles. The smallest absolute Gasteiger partial charge is 0.229 e. The molecule has 1 amide bonds. The van der Waals surface area contributed by atoms with Crippen LogP contribution in [0, 0.1) is 11.8 Å². The number of nitrogens with zero attached hydrogens (tertiary/aromatic N) is 1. The van der Waals surface area contributed by atoms with Crippen molar-refractivity contribution in [1.82, 2.24) is 10.2 Å². The van der Waals surface area contributed by atoms with Crippen LogP contribution in [0.5, 0.6) is 0 Å². The molecule has 0 spiro atoms. The number of benzene rings is 1. The third-order valence-corrected chi connectivity index (χ3v) is 1.96. The molecular weight excluding hydrogens is 190 g/mol. The van der Waals surface area contributed by atoms with E-state index >= 15 is 0 Å². The summed E-state index contributed by atoms with van der Waals surface area (Å²) in [6.07, 6.45) is 1.80. The Hall–Kier alpha value is -2.28. The van der Waals surface area contributed by atoms with Crippen LogP contribution in [0.15, 0.2) is 24.4 Å². The van der Waals surface area contributed by atoms with Gasteiger partial charge in [0, 0.05) is 5.39 Å². The van der Waals surface area contributed by atoms with E-state index in [0.717, 1.165) is 16.5 Å². The second-order valence-corrected chi connectivity index (χ2v) is 3.08. The van der Waals surface area contributed by atoms with Crippen LogP contribution in [-0.4, -0.2) is 16.1 Å². The van der Waals surface area contributed by atoms with Crippen molar-refractivity contribution in [2.45, 2.75) is 6.42 Å². The summed E-state index contributed by atoms with van der Waals surface area (Å²) in [4.78, 5) is 10.5. The summed E-state index contributed by atoms with van der Waals surface area (Å²) >= 11 is 0. The molecule has 0 unspecified atom stereocenters. The predicted molar refractivity (Wildman–Crippen MR) is 56.8 cm³/mol. The number of carbonyl (C=O) groups is 1. The van der Waals surface area contributed by atoms with Crippen LogP contribution in [0.4, 0.5) is 0 Å². The molecule has 4 nitrogen and oxygen atoms in total. The van der Waals surface area contributed by atoms with E-state index in [1.165, 1.54) is 0 Å². The molecule has 0 bridgehead atoms. The maximum absolute atomic E-state index is 10.5. The molecule has 1 aromatic carbocycles. The van der Waals surface area contributed by atoms with E-state index in [2.05, 4.69) is 22.0 Å². The summed E-state index contributed by atoms with van der Waals surface area (Å²) in [6, 6.07) is 5.71. The van der Waals surface area contributed by atoms with Crippen molar-refractivity contribution in [3.05, 3.63) is 30.0 Å². The van der Waals surface area contributed by atoms with Crippen LogP contribution in [0.25, 0.3) is 10.9 Å². The number of fused-ring (bicyclic) bond motifs is 1. The fourth-order valence-electron chi connectivity index (χ4n) is 1.30. The first kappa shape index (κ1) is 9.28. The van der Waals surface area contributed by atoms with Gasteiger partial charge in [-0.05, 0) is 6.07 Å². The van der Waals surface area contributed by atoms with Crippen molar-refractivity contribution in [1.29, 1.82) is 0 Å². The largest absolute Gasteiger partial charge is 0.369 e. The molecule has 3 N–H and O–H groups in total. The van der Waals surface area contributed by atoms with E-state index in [1.807, 2.05) is 18.2 Å². The first-order chi connectivity index (χ1) is 7.27. The first-order valence-electron chi connectivity index (χ1n) is 4.46. The Bertz CT molecular complexity index is 560. The Morgan fingerprint density at radius 3 is 3.20 bits per heavy atom. The average molecular weight is 199 g/mol. The second kappa shape index (κ2) is 3.84. The lowest BCUT2D eigenvalue weighted by atomic mass is 10.1. The lowest BCUT2D eigenvalue weighted by Gasteiger charge is -1.91. The molecule has 4 heteroatoms. The standard InChI is InChI=1S/C11H9N3O/c12-10(15)6-2-4-8-3-1-5-9-7-13-14-11(8)9/h1,3,5,7H,6H2,(H2,12,15)(H,13,14). The number of aromatic nitrogens is 2. The van der Waals surface area contributed by atoms with E-state index in [0.29, 0.717) is 0 Å². The Labute approximate surface area is 86.5 Å². The number of hydrogen-bond acceptors (Lipinski definition) is 2. The van der Waals surface area contributed by atoms with Crippen molar-refractivity contribution in [3.63, 3.8) is 0 Å². The molecule has 1 aromatic heterocycles. The van der Waals surface area contributed by atoms with Gasteiger partial charge in [0.15, 0.2) is 0 Å². The molecule has 0 aliphatic carbocycles. The zero-order chi connectivity index (χ0) is 10.7. The van der Waals surface area contributed by atoms with Crippen LogP contribution < -0.4 is 5.73 Å². The Balaban J connectivity index is 2.37. The maximum atomic E-state index is 10.5. The average Bonchev–Trinajstić information content (AvgIpc) is 2.65. The molecular formula is C11H9N3O.